The van der Waals surface area contributed by atoms with E-state index >= 15 is 0 Å². The minimum Gasteiger partial charge on any atom is -0.329 e. The molecule has 0 aromatic heterocycles. The van der Waals surface area contributed by atoms with Gasteiger partial charge in [-0.15, -0.1) is 0 Å². The first-order chi connectivity index (χ1) is 7.73. The lowest BCUT2D eigenvalue weighted by Crippen LogP contribution is -2.52. The minimum atomic E-state index is 0.263. The predicted molar refractivity (Wildman–Crippen MR) is 71.6 cm³/mol. The van der Waals surface area contributed by atoms with Crippen LogP contribution in [0.3, 0.4) is 0 Å². The Morgan fingerprint density at radius 1 is 1.06 bits per heavy atom. The second-order valence-electron chi connectivity index (χ2n) is 5.56. The molecule has 1 rings (SSSR count). The fraction of sp³-hybridized carbons (Fsp3) is 1.00. The summed E-state index contributed by atoms with van der Waals surface area (Å²) in [6.45, 7) is 7.98. The average molecular weight is 226 g/mol. The molecule has 0 saturated carbocycles. The van der Waals surface area contributed by atoms with E-state index in [9.17, 15) is 0 Å². The maximum atomic E-state index is 6.03. The molecule has 0 aromatic carbocycles. The van der Waals surface area contributed by atoms with Crippen molar-refractivity contribution in [3.8, 4) is 0 Å². The summed E-state index contributed by atoms with van der Waals surface area (Å²) in [5.41, 5.74) is 6.29. The Balaban J connectivity index is 2.47. The molecule has 0 radical (unpaired) electrons. The summed E-state index contributed by atoms with van der Waals surface area (Å²) in [5.74, 6) is 0. The smallest absolute Gasteiger partial charge is 0.0303 e. The Labute approximate surface area is 102 Å². The van der Waals surface area contributed by atoms with E-state index in [0.717, 1.165) is 6.54 Å². The lowest BCUT2D eigenvalue weighted by Gasteiger charge is -2.40. The highest BCUT2D eigenvalue weighted by Crippen LogP contribution is 2.25. The van der Waals surface area contributed by atoms with Crippen molar-refractivity contribution in [1.82, 2.24) is 4.90 Å². The largest absolute Gasteiger partial charge is 0.329 e. The Kier molecular flexibility index (Phi) is 6.37. The highest BCUT2D eigenvalue weighted by Gasteiger charge is 2.29. The normalized spacial score (nSPS) is 22.7. The van der Waals surface area contributed by atoms with Crippen LogP contribution in [0.4, 0.5) is 0 Å². The first-order valence-electron chi connectivity index (χ1n) is 7.18. The van der Waals surface area contributed by atoms with Crippen LogP contribution in [0.15, 0.2) is 0 Å². The highest BCUT2D eigenvalue weighted by molar-refractivity contribution is 4.88. The number of nitrogens with zero attached hydrogens (tertiary/aromatic N) is 1. The fourth-order valence-electron chi connectivity index (χ4n) is 2.76. The molecule has 1 aliphatic rings. The third-order valence-corrected chi connectivity index (χ3v) is 4.13. The first kappa shape index (κ1) is 14.0. The second kappa shape index (κ2) is 7.29. The number of rotatable bonds is 6. The van der Waals surface area contributed by atoms with Gasteiger partial charge < -0.3 is 5.73 Å². The lowest BCUT2D eigenvalue weighted by atomic mass is 9.92. The summed E-state index contributed by atoms with van der Waals surface area (Å²) >= 11 is 0. The number of unbranched alkanes of at least 4 members (excludes halogenated alkanes) is 2. The van der Waals surface area contributed by atoms with E-state index in [2.05, 4.69) is 18.7 Å². The molecule has 16 heavy (non-hydrogen) atoms. The SMILES string of the molecule is CCCCCC(C)(CN)N1CCCCCC1. The molecule has 1 atom stereocenters. The van der Waals surface area contributed by atoms with Crippen molar-refractivity contribution in [2.24, 2.45) is 5.73 Å². The molecule has 0 amide bonds. The van der Waals surface area contributed by atoms with Crippen LogP contribution in [-0.4, -0.2) is 30.1 Å². The van der Waals surface area contributed by atoms with Crippen molar-refractivity contribution in [2.45, 2.75) is 70.8 Å². The number of likely N-dealkylation sites (tertiary alicyclic amines) is 1. The summed E-state index contributed by atoms with van der Waals surface area (Å²) in [4.78, 5) is 2.66. The van der Waals surface area contributed by atoms with E-state index in [1.165, 1.54) is 64.5 Å². The first-order valence-corrected chi connectivity index (χ1v) is 7.18. The van der Waals surface area contributed by atoms with E-state index in [1.54, 1.807) is 0 Å². The van der Waals surface area contributed by atoms with Gasteiger partial charge in [-0.25, -0.2) is 0 Å². The third kappa shape index (κ3) is 4.06. The van der Waals surface area contributed by atoms with E-state index in [0.29, 0.717) is 0 Å². The second-order valence-corrected chi connectivity index (χ2v) is 5.56. The van der Waals surface area contributed by atoms with E-state index in [4.69, 9.17) is 5.73 Å². The van der Waals surface area contributed by atoms with E-state index in [1.807, 2.05) is 0 Å². The van der Waals surface area contributed by atoms with Gasteiger partial charge >= 0.3 is 0 Å². The number of hydrogen-bond acceptors (Lipinski definition) is 2. The van der Waals surface area contributed by atoms with Crippen LogP contribution in [0.5, 0.6) is 0 Å². The van der Waals surface area contributed by atoms with E-state index < -0.39 is 0 Å². The van der Waals surface area contributed by atoms with Crippen LogP contribution >= 0.6 is 0 Å². The summed E-state index contributed by atoms with van der Waals surface area (Å²) < 4.78 is 0. The lowest BCUT2D eigenvalue weighted by molar-refractivity contribution is 0.103. The quantitative estimate of drug-likeness (QED) is 0.705. The molecule has 2 N–H and O–H groups in total. The maximum Gasteiger partial charge on any atom is 0.0303 e. The predicted octanol–water partition coefficient (Wildman–Crippen LogP) is 3.16. The standard InChI is InChI=1S/C14H30N2/c1-3-4-7-10-14(2,13-15)16-11-8-5-6-9-12-16/h3-13,15H2,1-2H3. The zero-order valence-corrected chi connectivity index (χ0v) is 11.3. The minimum absolute atomic E-state index is 0.263. The summed E-state index contributed by atoms with van der Waals surface area (Å²) in [7, 11) is 0. The zero-order chi connectivity index (χ0) is 11.9. The van der Waals surface area contributed by atoms with E-state index in [-0.39, 0.29) is 5.54 Å². The Hall–Kier alpha value is -0.0800. The monoisotopic (exact) mass is 226 g/mol. The Morgan fingerprint density at radius 3 is 2.19 bits per heavy atom. The molecule has 0 spiro atoms. The molecule has 2 heteroatoms. The van der Waals surface area contributed by atoms with Crippen molar-refractivity contribution in [3.63, 3.8) is 0 Å². The van der Waals surface area contributed by atoms with Gasteiger partial charge in [-0.05, 0) is 39.3 Å². The maximum absolute atomic E-state index is 6.03. The van der Waals surface area contributed by atoms with Gasteiger partial charge in [0.2, 0.25) is 0 Å². The van der Waals surface area contributed by atoms with Gasteiger partial charge in [0.1, 0.15) is 0 Å². The molecule has 96 valence electrons. The van der Waals surface area contributed by atoms with Crippen LogP contribution in [-0.2, 0) is 0 Å². The van der Waals surface area contributed by atoms with Crippen molar-refractivity contribution < 1.29 is 0 Å². The fourth-order valence-corrected chi connectivity index (χ4v) is 2.76. The van der Waals surface area contributed by atoms with Gasteiger partial charge in [0.25, 0.3) is 0 Å². The van der Waals surface area contributed by atoms with Crippen LogP contribution in [0.25, 0.3) is 0 Å². The van der Waals surface area contributed by atoms with Crippen molar-refractivity contribution in [1.29, 1.82) is 0 Å². The van der Waals surface area contributed by atoms with Crippen molar-refractivity contribution in [3.05, 3.63) is 0 Å². The Bertz CT molecular complexity index is 174. The molecule has 0 aromatic rings. The average Bonchev–Trinajstić information content (AvgIpc) is 2.58. The van der Waals surface area contributed by atoms with Gasteiger partial charge in [0.15, 0.2) is 0 Å². The molecular formula is C14H30N2. The van der Waals surface area contributed by atoms with Crippen molar-refractivity contribution in [2.75, 3.05) is 19.6 Å². The molecule has 2 nitrogen and oxygen atoms in total. The van der Waals surface area contributed by atoms with Gasteiger partial charge in [-0.3, -0.25) is 4.90 Å². The number of hydrogen-bond donors (Lipinski definition) is 1. The van der Waals surface area contributed by atoms with Gasteiger partial charge in [0, 0.05) is 12.1 Å². The molecule has 0 bridgehead atoms. The Morgan fingerprint density at radius 2 is 1.69 bits per heavy atom. The molecule has 0 aliphatic carbocycles. The molecule has 1 heterocycles. The van der Waals surface area contributed by atoms with Gasteiger partial charge in [-0.2, -0.15) is 0 Å². The summed E-state index contributed by atoms with van der Waals surface area (Å²) in [5, 5.41) is 0. The van der Waals surface area contributed by atoms with Crippen LogP contribution in [0.1, 0.15) is 65.2 Å². The third-order valence-electron chi connectivity index (χ3n) is 4.13. The number of nitrogens with two attached hydrogens (primary N) is 1. The summed E-state index contributed by atoms with van der Waals surface area (Å²) in [6, 6.07) is 0. The van der Waals surface area contributed by atoms with Crippen LogP contribution in [0.2, 0.25) is 0 Å². The van der Waals surface area contributed by atoms with Gasteiger partial charge in [0.05, 0.1) is 0 Å². The molecule has 1 fully saturated rings. The van der Waals surface area contributed by atoms with Crippen LogP contribution in [0, 0.1) is 0 Å². The molecular weight excluding hydrogens is 196 g/mol. The molecule has 1 aliphatic heterocycles. The topological polar surface area (TPSA) is 29.3 Å². The van der Waals surface area contributed by atoms with Crippen molar-refractivity contribution >= 4 is 0 Å². The van der Waals surface area contributed by atoms with Crippen LogP contribution < -0.4 is 5.73 Å². The molecule has 1 unspecified atom stereocenters. The zero-order valence-electron chi connectivity index (χ0n) is 11.3. The summed E-state index contributed by atoms with van der Waals surface area (Å²) in [6.07, 6.45) is 10.8. The molecule has 1 saturated heterocycles. The highest BCUT2D eigenvalue weighted by atomic mass is 15.2. The van der Waals surface area contributed by atoms with Gasteiger partial charge in [-0.1, -0.05) is 39.0 Å².